The summed E-state index contributed by atoms with van der Waals surface area (Å²) in [5, 5.41) is -0.992. The highest BCUT2D eigenvalue weighted by Gasteiger charge is 2.32. The number of carbonyl (C=O) groups excluding carboxylic acids is 1. The van der Waals surface area contributed by atoms with Crippen LogP contribution in [0.2, 0.25) is 0 Å². The van der Waals surface area contributed by atoms with E-state index in [0.717, 1.165) is 6.07 Å². The summed E-state index contributed by atoms with van der Waals surface area (Å²) >= 11 is 5.19. The molecule has 0 spiro atoms. The molecule has 0 aliphatic rings. The van der Waals surface area contributed by atoms with Crippen molar-refractivity contribution >= 4 is 16.8 Å². The van der Waals surface area contributed by atoms with Gasteiger partial charge in [0.2, 0.25) is 5.88 Å². The highest BCUT2D eigenvalue weighted by Crippen LogP contribution is 2.29. The molecule has 1 aromatic rings. The molecule has 0 unspecified atom stereocenters. The average Bonchev–Trinajstić information content (AvgIpc) is 2.17. The van der Waals surface area contributed by atoms with Crippen molar-refractivity contribution in [3.05, 3.63) is 17.3 Å². The third kappa shape index (κ3) is 3.48. The van der Waals surface area contributed by atoms with E-state index in [-0.39, 0.29) is 17.0 Å². The van der Waals surface area contributed by atoms with Gasteiger partial charge >= 0.3 is 6.36 Å². The second-order valence-corrected chi connectivity index (χ2v) is 3.30. The molecule has 0 radical (unpaired) electrons. The molecule has 0 aliphatic carbocycles. The van der Waals surface area contributed by atoms with Gasteiger partial charge in [-0.15, -0.1) is 13.2 Å². The Bertz CT molecular complexity index is 448. The Morgan fingerprint density at radius 1 is 1.47 bits per heavy atom. The lowest BCUT2D eigenvalue weighted by Crippen LogP contribution is -2.18. The fourth-order valence-electron chi connectivity index (χ4n) is 1.14. The predicted molar refractivity (Wildman–Crippen MR) is 52.4 cm³/mol. The monoisotopic (exact) mass is 269 g/mol. The summed E-state index contributed by atoms with van der Waals surface area (Å²) in [4.78, 5) is 14.3. The minimum Gasteiger partial charge on any atom is -0.496 e. The fourth-order valence-corrected chi connectivity index (χ4v) is 1.32. The van der Waals surface area contributed by atoms with Crippen molar-refractivity contribution in [1.82, 2.24) is 4.98 Å². The normalized spacial score (nSPS) is 11.2. The zero-order chi connectivity index (χ0) is 13.2. The molecule has 0 aliphatic heterocycles. The SMILES string of the molecule is COc1cc(OC(F)(F)F)nc(C(=O)Cl)c1C. The van der Waals surface area contributed by atoms with Crippen LogP contribution in [-0.2, 0) is 0 Å². The molecule has 0 bridgehead atoms. The quantitative estimate of drug-likeness (QED) is 0.792. The molecule has 0 aromatic carbocycles. The van der Waals surface area contributed by atoms with Crippen LogP contribution in [0.25, 0.3) is 0 Å². The molecule has 0 saturated heterocycles. The van der Waals surface area contributed by atoms with Crippen molar-refractivity contribution in [2.24, 2.45) is 0 Å². The Hall–Kier alpha value is -1.50. The standard InChI is InChI=1S/C9H7ClF3NO3/c1-4-5(16-2)3-6(17-9(11,12)13)14-7(4)8(10)15/h3H,1-2H3. The first-order valence-corrected chi connectivity index (χ1v) is 4.63. The summed E-state index contributed by atoms with van der Waals surface area (Å²) in [6.45, 7) is 1.44. The van der Waals surface area contributed by atoms with E-state index >= 15 is 0 Å². The van der Waals surface area contributed by atoms with Gasteiger partial charge < -0.3 is 9.47 Å². The number of pyridine rings is 1. The van der Waals surface area contributed by atoms with E-state index in [1.807, 2.05) is 0 Å². The molecule has 1 rings (SSSR count). The first-order valence-electron chi connectivity index (χ1n) is 4.26. The first kappa shape index (κ1) is 13.6. The van der Waals surface area contributed by atoms with Gasteiger partial charge in [-0.1, -0.05) is 0 Å². The lowest BCUT2D eigenvalue weighted by molar-refractivity contribution is -0.276. The van der Waals surface area contributed by atoms with E-state index in [9.17, 15) is 18.0 Å². The maximum atomic E-state index is 12.0. The summed E-state index contributed by atoms with van der Waals surface area (Å²) < 4.78 is 44.3. The number of carbonyl (C=O) groups is 1. The molecule has 0 N–H and O–H groups in total. The Kier molecular flexibility index (Phi) is 3.82. The molecular formula is C9H7ClF3NO3. The molecule has 0 saturated carbocycles. The van der Waals surface area contributed by atoms with Gasteiger partial charge in [0.25, 0.3) is 5.24 Å². The van der Waals surface area contributed by atoms with Crippen molar-refractivity contribution in [1.29, 1.82) is 0 Å². The van der Waals surface area contributed by atoms with Gasteiger partial charge in [-0.25, -0.2) is 4.98 Å². The van der Waals surface area contributed by atoms with E-state index in [0.29, 0.717) is 0 Å². The number of methoxy groups -OCH3 is 1. The van der Waals surface area contributed by atoms with Crippen LogP contribution in [0.1, 0.15) is 16.1 Å². The number of alkyl halides is 3. The third-order valence-corrected chi connectivity index (χ3v) is 2.01. The topological polar surface area (TPSA) is 48.4 Å². The van der Waals surface area contributed by atoms with Crippen molar-refractivity contribution < 1.29 is 27.4 Å². The molecule has 0 amide bonds. The predicted octanol–water partition coefficient (Wildman–Crippen LogP) is 2.68. The summed E-state index contributed by atoms with van der Waals surface area (Å²) in [6, 6.07) is 0.923. The van der Waals surface area contributed by atoms with Crippen LogP contribution in [0.5, 0.6) is 11.6 Å². The summed E-state index contributed by atoms with van der Waals surface area (Å²) in [5.41, 5.74) is -0.104. The number of halogens is 4. The maximum absolute atomic E-state index is 12.0. The van der Waals surface area contributed by atoms with E-state index in [1.54, 1.807) is 0 Å². The Morgan fingerprint density at radius 2 is 2.06 bits per heavy atom. The van der Waals surface area contributed by atoms with Gasteiger partial charge in [-0.05, 0) is 18.5 Å². The Balaban J connectivity index is 3.25. The molecule has 4 nitrogen and oxygen atoms in total. The molecular weight excluding hydrogens is 263 g/mol. The lowest BCUT2D eigenvalue weighted by atomic mass is 10.2. The van der Waals surface area contributed by atoms with Crippen LogP contribution >= 0.6 is 11.6 Å². The highest BCUT2D eigenvalue weighted by molar-refractivity contribution is 6.67. The number of hydrogen-bond acceptors (Lipinski definition) is 4. The minimum atomic E-state index is -4.90. The van der Waals surface area contributed by atoms with Crippen LogP contribution in [0.4, 0.5) is 13.2 Å². The molecule has 0 atom stereocenters. The van der Waals surface area contributed by atoms with Crippen LogP contribution in [0.3, 0.4) is 0 Å². The van der Waals surface area contributed by atoms with Gasteiger partial charge in [-0.3, -0.25) is 4.79 Å². The highest BCUT2D eigenvalue weighted by atomic mass is 35.5. The number of ether oxygens (including phenoxy) is 2. The molecule has 8 heteroatoms. The number of hydrogen-bond donors (Lipinski definition) is 0. The lowest BCUT2D eigenvalue weighted by Gasteiger charge is -2.12. The molecule has 1 heterocycles. The van der Waals surface area contributed by atoms with E-state index in [1.165, 1.54) is 14.0 Å². The molecule has 17 heavy (non-hydrogen) atoms. The third-order valence-electron chi connectivity index (χ3n) is 1.83. The summed E-state index contributed by atoms with van der Waals surface area (Å²) in [5.74, 6) is -0.771. The number of nitrogens with zero attached hydrogens (tertiary/aromatic N) is 1. The van der Waals surface area contributed by atoms with Crippen LogP contribution < -0.4 is 9.47 Å². The molecule has 1 aromatic heterocycles. The maximum Gasteiger partial charge on any atom is 0.574 e. The van der Waals surface area contributed by atoms with Gasteiger partial charge in [0, 0.05) is 11.6 Å². The van der Waals surface area contributed by atoms with Crippen molar-refractivity contribution in [3.8, 4) is 11.6 Å². The number of rotatable bonds is 3. The van der Waals surface area contributed by atoms with Crippen LogP contribution in [-0.4, -0.2) is 23.7 Å². The summed E-state index contributed by atoms with van der Waals surface area (Å²) in [7, 11) is 1.24. The van der Waals surface area contributed by atoms with Crippen molar-refractivity contribution in [2.45, 2.75) is 13.3 Å². The van der Waals surface area contributed by atoms with E-state index in [4.69, 9.17) is 16.3 Å². The molecule has 94 valence electrons. The molecule has 0 fully saturated rings. The number of aromatic nitrogens is 1. The Labute approximate surface area is 99.3 Å². The van der Waals surface area contributed by atoms with Crippen molar-refractivity contribution in [3.63, 3.8) is 0 Å². The Morgan fingerprint density at radius 3 is 2.47 bits per heavy atom. The second-order valence-electron chi connectivity index (χ2n) is 2.96. The van der Waals surface area contributed by atoms with E-state index in [2.05, 4.69) is 9.72 Å². The van der Waals surface area contributed by atoms with Gasteiger partial charge in [-0.2, -0.15) is 0 Å². The zero-order valence-electron chi connectivity index (χ0n) is 8.76. The van der Waals surface area contributed by atoms with Gasteiger partial charge in [0.15, 0.2) is 0 Å². The van der Waals surface area contributed by atoms with Crippen LogP contribution in [0, 0.1) is 6.92 Å². The summed E-state index contributed by atoms with van der Waals surface area (Å²) in [6.07, 6.45) is -4.90. The van der Waals surface area contributed by atoms with E-state index < -0.39 is 17.5 Å². The zero-order valence-corrected chi connectivity index (χ0v) is 9.52. The second kappa shape index (κ2) is 4.79. The largest absolute Gasteiger partial charge is 0.574 e. The smallest absolute Gasteiger partial charge is 0.496 e. The van der Waals surface area contributed by atoms with Gasteiger partial charge in [0.1, 0.15) is 11.4 Å². The van der Waals surface area contributed by atoms with Crippen LogP contribution in [0.15, 0.2) is 6.07 Å². The van der Waals surface area contributed by atoms with Crippen molar-refractivity contribution in [2.75, 3.05) is 7.11 Å². The average molecular weight is 270 g/mol. The minimum absolute atomic E-state index is 0.0308. The fraction of sp³-hybridized carbons (Fsp3) is 0.333. The van der Waals surface area contributed by atoms with Gasteiger partial charge in [0.05, 0.1) is 7.11 Å². The first-order chi connectivity index (χ1) is 7.74.